The Hall–Kier alpha value is -1.46. The molecule has 0 aromatic heterocycles. The predicted octanol–water partition coefficient (Wildman–Crippen LogP) is 2.37. The van der Waals surface area contributed by atoms with Gasteiger partial charge in [0.15, 0.2) is 0 Å². The summed E-state index contributed by atoms with van der Waals surface area (Å²) in [7, 11) is 1.94. The fraction of sp³-hybridized carbons (Fsp3) is 0.385. The molecule has 1 rings (SSSR count). The summed E-state index contributed by atoms with van der Waals surface area (Å²) in [6.07, 6.45) is 0. The minimum atomic E-state index is 0.288. The van der Waals surface area contributed by atoms with E-state index in [0.717, 1.165) is 11.3 Å². The summed E-state index contributed by atoms with van der Waals surface area (Å²) in [5.41, 5.74) is 1.16. The topological polar surface area (TPSA) is 21.3 Å². The number of nitrogens with one attached hydrogen (secondary N) is 1. The van der Waals surface area contributed by atoms with E-state index in [2.05, 4.69) is 30.1 Å². The lowest BCUT2D eigenvalue weighted by Crippen LogP contribution is -2.13. The van der Waals surface area contributed by atoms with Gasteiger partial charge in [-0.05, 0) is 27.0 Å². The molecule has 0 aliphatic carbocycles. The van der Waals surface area contributed by atoms with Gasteiger partial charge in [-0.2, -0.15) is 0 Å². The smallest absolute Gasteiger partial charge is 0.149 e. The molecule has 0 saturated carbocycles. The first-order valence-corrected chi connectivity index (χ1v) is 5.08. The van der Waals surface area contributed by atoms with Crippen molar-refractivity contribution in [3.8, 4) is 17.6 Å². The van der Waals surface area contributed by atoms with Crippen LogP contribution >= 0.6 is 0 Å². The highest BCUT2D eigenvalue weighted by Crippen LogP contribution is 2.24. The molecule has 0 aliphatic rings. The van der Waals surface area contributed by atoms with Crippen LogP contribution in [0, 0.1) is 11.8 Å². The first-order valence-electron chi connectivity index (χ1n) is 5.08. The van der Waals surface area contributed by atoms with Gasteiger partial charge in [-0.25, -0.2) is 0 Å². The van der Waals surface area contributed by atoms with E-state index in [-0.39, 0.29) is 6.04 Å². The second kappa shape index (κ2) is 6.10. The molecule has 1 atom stereocenters. The van der Waals surface area contributed by atoms with E-state index in [9.17, 15) is 0 Å². The molecule has 1 unspecified atom stereocenters. The molecule has 0 spiro atoms. The maximum absolute atomic E-state index is 5.59. The van der Waals surface area contributed by atoms with Crippen LogP contribution in [0.4, 0.5) is 0 Å². The SMILES string of the molecule is CC#CCOc1ccccc1C(C)NC. The zero-order valence-electron chi connectivity index (χ0n) is 9.50. The fourth-order valence-corrected chi connectivity index (χ4v) is 1.31. The maximum Gasteiger partial charge on any atom is 0.149 e. The van der Waals surface area contributed by atoms with Gasteiger partial charge >= 0.3 is 0 Å². The Balaban J connectivity index is 2.79. The highest BCUT2D eigenvalue weighted by Gasteiger charge is 2.08. The molecule has 80 valence electrons. The van der Waals surface area contributed by atoms with Crippen molar-refractivity contribution in [1.29, 1.82) is 0 Å². The lowest BCUT2D eigenvalue weighted by atomic mass is 10.1. The summed E-state index contributed by atoms with van der Waals surface area (Å²) < 4.78 is 5.59. The Kier molecular flexibility index (Phi) is 4.73. The van der Waals surface area contributed by atoms with Gasteiger partial charge in [0.2, 0.25) is 0 Å². The largest absolute Gasteiger partial charge is 0.481 e. The van der Waals surface area contributed by atoms with Gasteiger partial charge in [-0.15, -0.1) is 5.92 Å². The summed E-state index contributed by atoms with van der Waals surface area (Å²) in [4.78, 5) is 0. The number of ether oxygens (including phenoxy) is 1. The average Bonchev–Trinajstić information content (AvgIpc) is 2.29. The molecule has 2 heteroatoms. The Morgan fingerprint density at radius 3 is 2.80 bits per heavy atom. The maximum atomic E-state index is 5.59. The van der Waals surface area contributed by atoms with Crippen LogP contribution in [0.1, 0.15) is 25.5 Å². The summed E-state index contributed by atoms with van der Waals surface area (Å²) in [6, 6.07) is 8.31. The zero-order valence-corrected chi connectivity index (χ0v) is 9.50. The third kappa shape index (κ3) is 3.30. The first kappa shape index (κ1) is 11.6. The Bertz CT molecular complexity index is 362. The number of benzene rings is 1. The van der Waals surface area contributed by atoms with Crippen molar-refractivity contribution in [2.75, 3.05) is 13.7 Å². The average molecular weight is 203 g/mol. The van der Waals surface area contributed by atoms with E-state index in [4.69, 9.17) is 4.74 Å². The van der Waals surface area contributed by atoms with Crippen molar-refractivity contribution >= 4 is 0 Å². The van der Waals surface area contributed by atoms with Crippen molar-refractivity contribution < 1.29 is 4.74 Å². The second-order valence-electron chi connectivity index (χ2n) is 3.26. The van der Waals surface area contributed by atoms with Gasteiger partial charge in [0.25, 0.3) is 0 Å². The number of hydrogen-bond acceptors (Lipinski definition) is 2. The number of para-hydroxylation sites is 1. The second-order valence-corrected chi connectivity index (χ2v) is 3.26. The van der Waals surface area contributed by atoms with Gasteiger partial charge in [-0.3, -0.25) is 0 Å². The Morgan fingerprint density at radius 2 is 2.13 bits per heavy atom. The lowest BCUT2D eigenvalue weighted by molar-refractivity contribution is 0.362. The molecule has 15 heavy (non-hydrogen) atoms. The molecule has 1 aromatic rings. The quantitative estimate of drug-likeness (QED) is 0.758. The van der Waals surface area contributed by atoms with Gasteiger partial charge < -0.3 is 10.1 Å². The Morgan fingerprint density at radius 1 is 1.40 bits per heavy atom. The molecule has 1 aromatic carbocycles. The standard InChI is InChI=1S/C13H17NO/c1-4-5-10-15-13-9-7-6-8-12(13)11(2)14-3/h6-9,11,14H,10H2,1-3H3. The van der Waals surface area contributed by atoms with E-state index < -0.39 is 0 Å². The van der Waals surface area contributed by atoms with Crippen LogP contribution in [-0.4, -0.2) is 13.7 Å². The first-order chi connectivity index (χ1) is 7.29. The minimum absolute atomic E-state index is 0.288. The summed E-state index contributed by atoms with van der Waals surface area (Å²) in [5.74, 6) is 6.60. The molecular formula is C13H17NO. The summed E-state index contributed by atoms with van der Waals surface area (Å²) in [5, 5.41) is 3.20. The zero-order chi connectivity index (χ0) is 11.1. The third-order valence-corrected chi connectivity index (χ3v) is 2.30. The van der Waals surface area contributed by atoms with E-state index in [1.165, 1.54) is 0 Å². The highest BCUT2D eigenvalue weighted by atomic mass is 16.5. The van der Waals surface area contributed by atoms with E-state index in [1.54, 1.807) is 0 Å². The van der Waals surface area contributed by atoms with Crippen molar-refractivity contribution in [3.63, 3.8) is 0 Å². The molecule has 0 radical (unpaired) electrons. The monoisotopic (exact) mass is 203 g/mol. The number of hydrogen-bond donors (Lipinski definition) is 1. The van der Waals surface area contributed by atoms with Crippen molar-refractivity contribution in [1.82, 2.24) is 5.32 Å². The molecule has 0 heterocycles. The van der Waals surface area contributed by atoms with Gasteiger partial charge in [-0.1, -0.05) is 24.1 Å². The number of rotatable bonds is 4. The van der Waals surface area contributed by atoms with Crippen LogP contribution in [0.15, 0.2) is 24.3 Å². The third-order valence-electron chi connectivity index (χ3n) is 2.30. The van der Waals surface area contributed by atoms with Crippen molar-refractivity contribution in [3.05, 3.63) is 29.8 Å². The van der Waals surface area contributed by atoms with Gasteiger partial charge in [0.05, 0.1) is 0 Å². The van der Waals surface area contributed by atoms with Gasteiger partial charge in [0, 0.05) is 11.6 Å². The molecular weight excluding hydrogens is 186 g/mol. The summed E-state index contributed by atoms with van der Waals surface area (Å²) in [6.45, 7) is 4.36. The highest BCUT2D eigenvalue weighted by molar-refractivity contribution is 5.35. The van der Waals surface area contributed by atoms with Gasteiger partial charge in [0.1, 0.15) is 12.4 Å². The van der Waals surface area contributed by atoms with Crippen LogP contribution in [0.25, 0.3) is 0 Å². The normalized spacial score (nSPS) is 11.4. The fourth-order valence-electron chi connectivity index (χ4n) is 1.31. The molecule has 0 amide bonds. The van der Waals surface area contributed by atoms with Crippen LogP contribution in [0.5, 0.6) is 5.75 Å². The van der Waals surface area contributed by atoms with Crippen molar-refractivity contribution in [2.45, 2.75) is 19.9 Å². The molecule has 0 saturated heterocycles. The molecule has 1 N–H and O–H groups in total. The van der Waals surface area contributed by atoms with Crippen LogP contribution < -0.4 is 10.1 Å². The van der Waals surface area contributed by atoms with E-state index in [1.807, 2.05) is 32.2 Å². The van der Waals surface area contributed by atoms with E-state index in [0.29, 0.717) is 6.61 Å². The molecule has 0 aliphatic heterocycles. The lowest BCUT2D eigenvalue weighted by Gasteiger charge is -2.15. The molecule has 2 nitrogen and oxygen atoms in total. The molecule has 0 bridgehead atoms. The Labute approximate surface area is 91.6 Å². The molecule has 0 fully saturated rings. The summed E-state index contributed by atoms with van der Waals surface area (Å²) >= 11 is 0. The van der Waals surface area contributed by atoms with Crippen LogP contribution in [-0.2, 0) is 0 Å². The van der Waals surface area contributed by atoms with Crippen molar-refractivity contribution in [2.24, 2.45) is 0 Å². The minimum Gasteiger partial charge on any atom is -0.481 e. The van der Waals surface area contributed by atoms with Crippen LogP contribution in [0.2, 0.25) is 0 Å². The predicted molar refractivity (Wildman–Crippen MR) is 62.9 cm³/mol. The van der Waals surface area contributed by atoms with Crippen LogP contribution in [0.3, 0.4) is 0 Å². The van der Waals surface area contributed by atoms with E-state index >= 15 is 0 Å².